The van der Waals surface area contributed by atoms with Gasteiger partial charge in [-0.1, -0.05) is 35.9 Å². The molecule has 24 heavy (non-hydrogen) atoms. The highest BCUT2D eigenvalue weighted by Gasteiger charge is 2.36. The Kier molecular flexibility index (Phi) is 3.75. The Hall–Kier alpha value is -2.36. The van der Waals surface area contributed by atoms with Crippen molar-refractivity contribution in [2.45, 2.75) is 32.2 Å². The van der Waals surface area contributed by atoms with Gasteiger partial charge in [0.25, 0.3) is 5.56 Å². The van der Waals surface area contributed by atoms with Gasteiger partial charge in [0.2, 0.25) is 5.91 Å². The summed E-state index contributed by atoms with van der Waals surface area (Å²) in [6.07, 6.45) is 1.54. The monoisotopic (exact) mass is 322 g/mol. The van der Waals surface area contributed by atoms with E-state index in [1.165, 1.54) is 5.56 Å². The number of benzene rings is 1. The molecule has 124 valence electrons. The van der Waals surface area contributed by atoms with Gasteiger partial charge < -0.3 is 9.47 Å². The summed E-state index contributed by atoms with van der Waals surface area (Å²) in [6, 6.07) is 13.7. The molecule has 4 nitrogen and oxygen atoms in total. The van der Waals surface area contributed by atoms with Gasteiger partial charge in [0.15, 0.2) is 0 Å². The molecule has 0 spiro atoms. The Morgan fingerprint density at radius 3 is 2.79 bits per heavy atom. The predicted octanol–water partition coefficient (Wildman–Crippen LogP) is 2.35. The summed E-state index contributed by atoms with van der Waals surface area (Å²) < 4.78 is 1.90. The third-order valence-corrected chi connectivity index (χ3v) is 5.27. The number of fused-ring (bicyclic) bond motifs is 4. The van der Waals surface area contributed by atoms with E-state index < -0.39 is 0 Å². The van der Waals surface area contributed by atoms with Crippen LogP contribution >= 0.6 is 0 Å². The van der Waals surface area contributed by atoms with E-state index in [1.54, 1.807) is 6.07 Å². The highest BCUT2D eigenvalue weighted by Crippen LogP contribution is 2.35. The third-order valence-electron chi connectivity index (χ3n) is 5.27. The van der Waals surface area contributed by atoms with Crippen LogP contribution in [0.4, 0.5) is 0 Å². The van der Waals surface area contributed by atoms with Crippen LogP contribution in [0.2, 0.25) is 0 Å². The Balaban J connectivity index is 1.53. The first kappa shape index (κ1) is 15.2. The SMILES string of the molecule is Cc1cccc(CC(=O)N2CC3CC(C2)c2cccc(=O)n2C3)c1. The van der Waals surface area contributed by atoms with E-state index in [-0.39, 0.29) is 17.4 Å². The van der Waals surface area contributed by atoms with Crippen molar-refractivity contribution in [1.82, 2.24) is 9.47 Å². The van der Waals surface area contributed by atoms with E-state index in [0.29, 0.717) is 12.3 Å². The van der Waals surface area contributed by atoms with Gasteiger partial charge in [-0.05, 0) is 30.9 Å². The van der Waals surface area contributed by atoms with Gasteiger partial charge >= 0.3 is 0 Å². The van der Waals surface area contributed by atoms with Crippen LogP contribution in [0.25, 0.3) is 0 Å². The quantitative estimate of drug-likeness (QED) is 0.852. The lowest BCUT2D eigenvalue weighted by Gasteiger charge is -2.42. The first-order valence-electron chi connectivity index (χ1n) is 8.63. The second-order valence-corrected chi connectivity index (χ2v) is 7.16. The topological polar surface area (TPSA) is 42.3 Å². The molecule has 1 aromatic heterocycles. The van der Waals surface area contributed by atoms with E-state index >= 15 is 0 Å². The lowest BCUT2D eigenvalue weighted by atomic mass is 9.83. The molecular weight excluding hydrogens is 300 g/mol. The smallest absolute Gasteiger partial charge is 0.250 e. The predicted molar refractivity (Wildman–Crippen MR) is 93.0 cm³/mol. The minimum atomic E-state index is 0.0849. The zero-order valence-electron chi connectivity index (χ0n) is 13.9. The van der Waals surface area contributed by atoms with Gasteiger partial charge in [-0.3, -0.25) is 9.59 Å². The molecule has 4 rings (SSSR count). The molecule has 0 saturated carbocycles. The molecule has 1 fully saturated rings. The highest BCUT2D eigenvalue weighted by molar-refractivity contribution is 5.79. The van der Waals surface area contributed by atoms with Gasteiger partial charge in [0, 0.05) is 37.3 Å². The van der Waals surface area contributed by atoms with Crippen molar-refractivity contribution in [3.05, 3.63) is 69.6 Å². The first-order chi connectivity index (χ1) is 11.6. The number of pyridine rings is 1. The summed E-state index contributed by atoms with van der Waals surface area (Å²) in [6.45, 7) is 4.28. The van der Waals surface area contributed by atoms with Crippen molar-refractivity contribution < 1.29 is 4.79 Å². The summed E-state index contributed by atoms with van der Waals surface area (Å²) in [7, 11) is 0. The van der Waals surface area contributed by atoms with Crippen molar-refractivity contribution in [2.75, 3.05) is 13.1 Å². The van der Waals surface area contributed by atoms with Gasteiger partial charge in [-0.2, -0.15) is 0 Å². The van der Waals surface area contributed by atoms with Crippen LogP contribution in [0.5, 0.6) is 0 Å². The molecule has 2 aliphatic rings. The summed E-state index contributed by atoms with van der Waals surface area (Å²) in [5.41, 5.74) is 3.44. The maximum Gasteiger partial charge on any atom is 0.250 e. The van der Waals surface area contributed by atoms with E-state index in [9.17, 15) is 9.59 Å². The molecule has 2 bridgehead atoms. The fourth-order valence-electron chi connectivity index (χ4n) is 4.21. The third kappa shape index (κ3) is 2.77. The number of aromatic nitrogens is 1. The summed E-state index contributed by atoms with van der Waals surface area (Å²) in [4.78, 5) is 26.8. The Labute approximate surface area is 141 Å². The summed E-state index contributed by atoms with van der Waals surface area (Å²) in [5, 5.41) is 0. The number of amides is 1. The van der Waals surface area contributed by atoms with Crippen LogP contribution in [-0.4, -0.2) is 28.5 Å². The number of carbonyl (C=O) groups excluding carboxylic acids is 1. The highest BCUT2D eigenvalue weighted by atomic mass is 16.2. The maximum absolute atomic E-state index is 12.7. The number of nitrogens with zero attached hydrogens (tertiary/aromatic N) is 2. The molecule has 2 aromatic rings. The molecule has 0 radical (unpaired) electrons. The molecule has 1 saturated heterocycles. The number of hydrogen-bond acceptors (Lipinski definition) is 2. The number of piperidine rings is 1. The van der Waals surface area contributed by atoms with Crippen molar-refractivity contribution >= 4 is 5.91 Å². The molecule has 3 heterocycles. The molecule has 2 aliphatic heterocycles. The molecule has 0 N–H and O–H groups in total. The molecule has 4 heteroatoms. The number of rotatable bonds is 2. The summed E-state index contributed by atoms with van der Waals surface area (Å²) >= 11 is 0. The van der Waals surface area contributed by atoms with Crippen LogP contribution in [0.15, 0.2) is 47.3 Å². The number of hydrogen-bond donors (Lipinski definition) is 0. The molecular formula is C20H22N2O2. The second kappa shape index (κ2) is 5.93. The van der Waals surface area contributed by atoms with E-state index in [1.807, 2.05) is 46.7 Å². The first-order valence-corrected chi connectivity index (χ1v) is 8.63. The van der Waals surface area contributed by atoms with Gasteiger partial charge in [-0.25, -0.2) is 0 Å². The van der Waals surface area contributed by atoms with Crippen molar-refractivity contribution in [2.24, 2.45) is 5.92 Å². The van der Waals surface area contributed by atoms with Crippen molar-refractivity contribution in [3.8, 4) is 0 Å². The molecule has 2 unspecified atom stereocenters. The second-order valence-electron chi connectivity index (χ2n) is 7.16. The molecule has 0 aliphatic carbocycles. The molecule has 1 aromatic carbocycles. The Morgan fingerprint density at radius 1 is 1.12 bits per heavy atom. The van der Waals surface area contributed by atoms with Crippen LogP contribution in [0.1, 0.15) is 29.2 Å². The zero-order valence-corrected chi connectivity index (χ0v) is 13.9. The standard InChI is InChI=1S/C20H22N2O2/c1-14-4-2-5-15(8-14)10-20(24)21-11-16-9-17(13-21)18-6-3-7-19(23)22(18)12-16/h2-8,16-17H,9-13H2,1H3. The zero-order chi connectivity index (χ0) is 16.7. The largest absolute Gasteiger partial charge is 0.341 e. The fourth-order valence-corrected chi connectivity index (χ4v) is 4.21. The normalized spacial score (nSPS) is 22.1. The van der Waals surface area contributed by atoms with Gasteiger partial charge in [0.05, 0.1) is 6.42 Å². The Bertz CT molecular complexity index is 840. The maximum atomic E-state index is 12.7. The molecule has 1 amide bonds. The number of aryl methyl sites for hydroxylation is 1. The van der Waals surface area contributed by atoms with Crippen molar-refractivity contribution in [3.63, 3.8) is 0 Å². The average Bonchev–Trinajstić information content (AvgIpc) is 2.56. The van der Waals surface area contributed by atoms with E-state index in [2.05, 4.69) is 6.07 Å². The lowest BCUT2D eigenvalue weighted by molar-refractivity contribution is -0.133. The minimum absolute atomic E-state index is 0.0849. The van der Waals surface area contributed by atoms with Crippen molar-refractivity contribution in [1.29, 1.82) is 0 Å². The number of carbonyl (C=O) groups is 1. The van der Waals surface area contributed by atoms with Gasteiger partial charge in [0.1, 0.15) is 0 Å². The van der Waals surface area contributed by atoms with Crippen LogP contribution in [-0.2, 0) is 17.8 Å². The average molecular weight is 322 g/mol. The summed E-state index contributed by atoms with van der Waals surface area (Å²) in [5.74, 6) is 0.868. The van der Waals surface area contributed by atoms with Crippen LogP contribution in [0, 0.1) is 12.8 Å². The van der Waals surface area contributed by atoms with Gasteiger partial charge in [-0.15, -0.1) is 0 Å². The lowest BCUT2D eigenvalue weighted by Crippen LogP contribution is -2.49. The van der Waals surface area contributed by atoms with E-state index in [0.717, 1.165) is 37.3 Å². The number of likely N-dealkylation sites (tertiary alicyclic amines) is 1. The molecule has 2 atom stereocenters. The minimum Gasteiger partial charge on any atom is -0.341 e. The Morgan fingerprint density at radius 2 is 1.96 bits per heavy atom. The van der Waals surface area contributed by atoms with Crippen LogP contribution in [0.3, 0.4) is 0 Å². The van der Waals surface area contributed by atoms with Crippen LogP contribution < -0.4 is 5.56 Å². The fraction of sp³-hybridized carbons (Fsp3) is 0.400. The van der Waals surface area contributed by atoms with E-state index in [4.69, 9.17) is 0 Å².